The SMILES string of the molecule is CCNC(=O)c1ccc(N)c(NCCC(C)(C)C)c1. The van der Waals surface area contributed by atoms with Crippen molar-refractivity contribution in [2.75, 3.05) is 24.1 Å². The van der Waals surface area contributed by atoms with Gasteiger partial charge in [0.25, 0.3) is 5.91 Å². The quantitative estimate of drug-likeness (QED) is 0.716. The Hall–Kier alpha value is -1.71. The van der Waals surface area contributed by atoms with Crippen LogP contribution in [0.4, 0.5) is 11.4 Å². The first-order chi connectivity index (χ1) is 8.83. The highest BCUT2D eigenvalue weighted by Crippen LogP contribution is 2.22. The van der Waals surface area contributed by atoms with Crippen molar-refractivity contribution in [2.24, 2.45) is 5.41 Å². The van der Waals surface area contributed by atoms with Gasteiger partial charge in [0.05, 0.1) is 11.4 Å². The van der Waals surface area contributed by atoms with E-state index in [1.54, 1.807) is 12.1 Å². The van der Waals surface area contributed by atoms with Crippen molar-refractivity contribution in [2.45, 2.75) is 34.1 Å². The molecule has 4 N–H and O–H groups in total. The Morgan fingerprint density at radius 3 is 2.58 bits per heavy atom. The van der Waals surface area contributed by atoms with Crippen molar-refractivity contribution in [3.05, 3.63) is 23.8 Å². The summed E-state index contributed by atoms with van der Waals surface area (Å²) in [5, 5.41) is 6.08. The Labute approximate surface area is 115 Å². The van der Waals surface area contributed by atoms with Crippen LogP contribution < -0.4 is 16.4 Å². The van der Waals surface area contributed by atoms with Gasteiger partial charge in [0, 0.05) is 18.7 Å². The molecule has 106 valence electrons. The lowest BCUT2D eigenvalue weighted by Crippen LogP contribution is -2.23. The lowest BCUT2D eigenvalue weighted by atomic mass is 9.92. The Bertz CT molecular complexity index is 436. The first-order valence-electron chi connectivity index (χ1n) is 6.75. The van der Waals surface area contributed by atoms with Crippen molar-refractivity contribution in [3.63, 3.8) is 0 Å². The Kier molecular flexibility index (Phi) is 5.21. The summed E-state index contributed by atoms with van der Waals surface area (Å²) >= 11 is 0. The maximum absolute atomic E-state index is 11.8. The lowest BCUT2D eigenvalue weighted by Gasteiger charge is -2.19. The fourth-order valence-corrected chi connectivity index (χ4v) is 1.69. The first kappa shape index (κ1) is 15.3. The van der Waals surface area contributed by atoms with E-state index in [9.17, 15) is 4.79 Å². The van der Waals surface area contributed by atoms with E-state index >= 15 is 0 Å². The largest absolute Gasteiger partial charge is 0.397 e. The lowest BCUT2D eigenvalue weighted by molar-refractivity contribution is 0.0956. The second-order valence-electron chi connectivity index (χ2n) is 5.90. The minimum absolute atomic E-state index is 0.0682. The number of anilines is 2. The van der Waals surface area contributed by atoms with Gasteiger partial charge in [0.1, 0.15) is 0 Å². The molecule has 0 aliphatic rings. The van der Waals surface area contributed by atoms with E-state index in [1.807, 2.05) is 13.0 Å². The Morgan fingerprint density at radius 2 is 2.00 bits per heavy atom. The van der Waals surface area contributed by atoms with E-state index in [4.69, 9.17) is 5.73 Å². The van der Waals surface area contributed by atoms with Crippen molar-refractivity contribution in [3.8, 4) is 0 Å². The summed E-state index contributed by atoms with van der Waals surface area (Å²) in [5.41, 5.74) is 8.32. The molecule has 0 fully saturated rings. The van der Waals surface area contributed by atoms with Gasteiger partial charge < -0.3 is 16.4 Å². The molecule has 0 atom stereocenters. The highest BCUT2D eigenvalue weighted by Gasteiger charge is 2.11. The Morgan fingerprint density at radius 1 is 1.32 bits per heavy atom. The number of carbonyl (C=O) groups is 1. The van der Waals surface area contributed by atoms with Crippen molar-refractivity contribution in [1.29, 1.82) is 0 Å². The van der Waals surface area contributed by atoms with Crippen LogP contribution in [0.1, 0.15) is 44.5 Å². The molecule has 1 amide bonds. The van der Waals surface area contributed by atoms with Gasteiger partial charge >= 0.3 is 0 Å². The zero-order chi connectivity index (χ0) is 14.5. The number of carbonyl (C=O) groups excluding carboxylic acids is 1. The summed E-state index contributed by atoms with van der Waals surface area (Å²) in [5.74, 6) is -0.0682. The van der Waals surface area contributed by atoms with Crippen LogP contribution in [0.3, 0.4) is 0 Å². The van der Waals surface area contributed by atoms with Crippen molar-refractivity contribution < 1.29 is 4.79 Å². The van der Waals surface area contributed by atoms with Crippen LogP contribution in [-0.4, -0.2) is 19.0 Å². The van der Waals surface area contributed by atoms with Gasteiger partial charge in [-0.3, -0.25) is 4.79 Å². The molecule has 0 saturated carbocycles. The summed E-state index contributed by atoms with van der Waals surface area (Å²) in [7, 11) is 0. The third-order valence-electron chi connectivity index (χ3n) is 2.84. The minimum atomic E-state index is -0.0682. The van der Waals surface area contributed by atoms with Crippen LogP contribution in [0.5, 0.6) is 0 Å². The molecule has 0 aliphatic heterocycles. The number of nitrogens with one attached hydrogen (secondary N) is 2. The zero-order valence-corrected chi connectivity index (χ0v) is 12.3. The number of rotatable bonds is 5. The molecule has 0 spiro atoms. The van der Waals surface area contributed by atoms with E-state index in [2.05, 4.69) is 31.4 Å². The molecule has 0 unspecified atom stereocenters. The third kappa shape index (κ3) is 5.20. The smallest absolute Gasteiger partial charge is 0.251 e. The molecule has 0 aliphatic carbocycles. The van der Waals surface area contributed by atoms with E-state index < -0.39 is 0 Å². The molecule has 0 radical (unpaired) electrons. The van der Waals surface area contributed by atoms with Crippen molar-refractivity contribution in [1.82, 2.24) is 5.32 Å². The highest BCUT2D eigenvalue weighted by atomic mass is 16.1. The summed E-state index contributed by atoms with van der Waals surface area (Å²) < 4.78 is 0. The van der Waals surface area contributed by atoms with Crippen molar-refractivity contribution >= 4 is 17.3 Å². The molecule has 1 rings (SSSR count). The maximum Gasteiger partial charge on any atom is 0.251 e. The molecule has 1 aromatic rings. The number of nitrogen functional groups attached to an aromatic ring is 1. The van der Waals surface area contributed by atoms with E-state index in [-0.39, 0.29) is 11.3 Å². The molecule has 4 nitrogen and oxygen atoms in total. The number of nitrogens with two attached hydrogens (primary N) is 1. The highest BCUT2D eigenvalue weighted by molar-refractivity contribution is 5.96. The van der Waals surface area contributed by atoms with Crippen LogP contribution in [-0.2, 0) is 0 Å². The standard InChI is InChI=1S/C15H25N3O/c1-5-17-14(19)11-6-7-12(16)13(10-11)18-9-8-15(2,3)4/h6-7,10,18H,5,8-9,16H2,1-4H3,(H,17,19). The molecular weight excluding hydrogens is 238 g/mol. The van der Waals surface area contributed by atoms with E-state index in [0.717, 1.165) is 18.7 Å². The number of benzene rings is 1. The minimum Gasteiger partial charge on any atom is -0.397 e. The average molecular weight is 263 g/mol. The fraction of sp³-hybridized carbons (Fsp3) is 0.533. The van der Waals surface area contributed by atoms with E-state index in [1.165, 1.54) is 0 Å². The first-order valence-corrected chi connectivity index (χ1v) is 6.75. The number of hydrogen-bond acceptors (Lipinski definition) is 3. The van der Waals surface area contributed by atoms with Gasteiger partial charge in [-0.2, -0.15) is 0 Å². The second kappa shape index (κ2) is 6.45. The second-order valence-corrected chi connectivity index (χ2v) is 5.90. The van der Waals surface area contributed by atoms with Gasteiger partial charge in [-0.05, 0) is 37.0 Å². The molecule has 1 aromatic carbocycles. The van der Waals surface area contributed by atoms with Crippen LogP contribution >= 0.6 is 0 Å². The normalized spacial score (nSPS) is 11.2. The van der Waals surface area contributed by atoms with Gasteiger partial charge in [0.15, 0.2) is 0 Å². The van der Waals surface area contributed by atoms with Gasteiger partial charge in [0.2, 0.25) is 0 Å². The predicted octanol–water partition coefficient (Wildman–Crippen LogP) is 2.87. The van der Waals surface area contributed by atoms with Gasteiger partial charge in [-0.15, -0.1) is 0 Å². The van der Waals surface area contributed by atoms with Crippen LogP contribution in [0.2, 0.25) is 0 Å². The van der Waals surface area contributed by atoms with E-state index in [0.29, 0.717) is 17.8 Å². The van der Waals surface area contributed by atoms with Crippen LogP contribution in [0.25, 0.3) is 0 Å². The third-order valence-corrected chi connectivity index (χ3v) is 2.84. The fourth-order valence-electron chi connectivity index (χ4n) is 1.69. The summed E-state index contributed by atoms with van der Waals surface area (Å²) in [4.78, 5) is 11.8. The van der Waals surface area contributed by atoms with Crippen LogP contribution in [0.15, 0.2) is 18.2 Å². The van der Waals surface area contributed by atoms with Crippen LogP contribution in [0, 0.1) is 5.41 Å². The molecule has 0 aromatic heterocycles. The topological polar surface area (TPSA) is 67.2 Å². The monoisotopic (exact) mass is 263 g/mol. The summed E-state index contributed by atoms with van der Waals surface area (Å²) in [6, 6.07) is 5.32. The van der Waals surface area contributed by atoms with Gasteiger partial charge in [-0.25, -0.2) is 0 Å². The maximum atomic E-state index is 11.8. The summed E-state index contributed by atoms with van der Waals surface area (Å²) in [6.07, 6.45) is 1.04. The summed E-state index contributed by atoms with van der Waals surface area (Å²) in [6.45, 7) is 9.95. The zero-order valence-electron chi connectivity index (χ0n) is 12.3. The molecule has 0 saturated heterocycles. The average Bonchev–Trinajstić information content (AvgIpc) is 2.30. The van der Waals surface area contributed by atoms with Gasteiger partial charge in [-0.1, -0.05) is 20.8 Å². The molecule has 4 heteroatoms. The molecule has 0 heterocycles. The number of hydrogen-bond donors (Lipinski definition) is 3. The predicted molar refractivity (Wildman–Crippen MR) is 81.4 cm³/mol. The Balaban J connectivity index is 2.72. The molecule has 0 bridgehead atoms. The molecular formula is C15H25N3O. The number of amides is 1. The molecule has 19 heavy (non-hydrogen) atoms.